The first-order valence-corrected chi connectivity index (χ1v) is 12.0. The third-order valence-corrected chi connectivity index (χ3v) is 7.30. The minimum Gasteiger partial charge on any atom is -0.339 e. The Hall–Kier alpha value is -4.03. The molecule has 3 N–H and O–H groups in total. The highest BCUT2D eigenvalue weighted by atomic mass is 16.2. The molecule has 2 aromatic heterocycles. The number of benzene rings is 2. The minimum atomic E-state index is -0.562. The number of nitrogens with one attached hydrogen (secondary N) is 3. The predicted octanol–water partition coefficient (Wildman–Crippen LogP) is 2.81. The molecule has 9 nitrogen and oxygen atoms in total. The highest BCUT2D eigenvalue weighted by molar-refractivity contribution is 5.85. The molecule has 35 heavy (non-hydrogen) atoms. The number of rotatable bonds is 6. The number of carbonyl (C=O) groups excluding carboxylic acids is 1. The summed E-state index contributed by atoms with van der Waals surface area (Å²) in [5.41, 5.74) is 5.54. The summed E-state index contributed by atoms with van der Waals surface area (Å²) < 4.78 is 1.73. The maximum atomic E-state index is 12.7. The number of aryl methyl sites for hydroxylation is 1. The summed E-state index contributed by atoms with van der Waals surface area (Å²) in [5, 5.41) is 32.9. The van der Waals surface area contributed by atoms with E-state index in [4.69, 9.17) is 0 Å². The van der Waals surface area contributed by atoms with E-state index in [-0.39, 0.29) is 11.9 Å². The Morgan fingerprint density at radius 1 is 1.26 bits per heavy atom. The Balaban J connectivity index is 1.12. The lowest BCUT2D eigenvalue weighted by Gasteiger charge is -2.23. The molecular weight excluding hydrogens is 440 g/mol. The average Bonchev–Trinajstić information content (AvgIpc) is 3.69. The van der Waals surface area contributed by atoms with Gasteiger partial charge in [-0.1, -0.05) is 23.4 Å². The molecular formula is C26H26N8O. The molecule has 1 amide bonds. The second-order valence-electron chi connectivity index (χ2n) is 9.59. The zero-order chi connectivity index (χ0) is 23.9. The molecule has 2 aliphatic rings. The first-order chi connectivity index (χ1) is 17.1. The van der Waals surface area contributed by atoms with Gasteiger partial charge >= 0.3 is 0 Å². The number of H-pyrrole nitrogens is 1. The van der Waals surface area contributed by atoms with Crippen LogP contribution in [0.1, 0.15) is 30.5 Å². The molecule has 2 aromatic carbocycles. The van der Waals surface area contributed by atoms with Gasteiger partial charge < -0.3 is 10.6 Å². The van der Waals surface area contributed by atoms with Crippen LogP contribution in [0, 0.1) is 24.2 Å². The molecule has 1 aliphatic heterocycles. The van der Waals surface area contributed by atoms with E-state index in [1.807, 2.05) is 49.5 Å². The van der Waals surface area contributed by atoms with Crippen molar-refractivity contribution in [3.63, 3.8) is 0 Å². The first-order valence-electron chi connectivity index (χ1n) is 12.0. The molecule has 2 fully saturated rings. The summed E-state index contributed by atoms with van der Waals surface area (Å²) in [6, 6.07) is 15.9. The van der Waals surface area contributed by atoms with Crippen LogP contribution in [0.2, 0.25) is 0 Å². The minimum absolute atomic E-state index is 0.0562. The van der Waals surface area contributed by atoms with Gasteiger partial charge in [0.25, 0.3) is 0 Å². The summed E-state index contributed by atoms with van der Waals surface area (Å²) in [7, 11) is 0. The number of nitriles is 1. The zero-order valence-electron chi connectivity index (χ0n) is 19.4. The van der Waals surface area contributed by atoms with Gasteiger partial charge in [-0.2, -0.15) is 10.4 Å². The van der Waals surface area contributed by atoms with Crippen LogP contribution in [0.3, 0.4) is 0 Å². The third-order valence-electron chi connectivity index (χ3n) is 7.30. The fourth-order valence-electron chi connectivity index (χ4n) is 5.39. The Bertz CT molecular complexity index is 1430. The molecule has 1 aliphatic carbocycles. The van der Waals surface area contributed by atoms with Gasteiger partial charge in [0.2, 0.25) is 5.91 Å². The summed E-state index contributed by atoms with van der Waals surface area (Å²) in [4.78, 5) is 12.7. The molecule has 0 radical (unpaired) electrons. The summed E-state index contributed by atoms with van der Waals surface area (Å²) >= 11 is 0. The Labute approximate surface area is 202 Å². The number of aromatic amines is 1. The third kappa shape index (κ3) is 4.06. The van der Waals surface area contributed by atoms with Crippen LogP contribution in [0.5, 0.6) is 0 Å². The van der Waals surface area contributed by atoms with E-state index >= 15 is 0 Å². The Kier molecular flexibility index (Phi) is 5.30. The van der Waals surface area contributed by atoms with Crippen LogP contribution in [0.25, 0.3) is 27.8 Å². The van der Waals surface area contributed by atoms with Gasteiger partial charge in [-0.3, -0.25) is 9.89 Å². The Morgan fingerprint density at radius 3 is 2.86 bits per heavy atom. The molecule has 0 unspecified atom stereocenters. The lowest BCUT2D eigenvalue weighted by atomic mass is 9.98. The first kappa shape index (κ1) is 21.5. The average molecular weight is 467 g/mol. The van der Waals surface area contributed by atoms with E-state index in [1.165, 1.54) is 0 Å². The molecule has 4 atom stereocenters. The SMILES string of the molecule is Cc1n[nH]c2ccc(-c3cn(-c4ccc(C[C@@H](C#N)NC(=O)[C@H]5N[C@@H]6CC[C@H]5C6)cc4)nn3)cc12. The van der Waals surface area contributed by atoms with Crippen molar-refractivity contribution in [2.45, 2.75) is 50.7 Å². The van der Waals surface area contributed by atoms with E-state index in [1.54, 1.807) is 4.68 Å². The standard InChI is InChI=1S/C26H26N8O/c1-15-22-12-17(5-9-23(22)31-30-15)24-14-34(33-32-24)21-7-2-16(3-8-21)10-20(13-27)29-26(35)25-18-4-6-19(11-18)28-25/h2-3,5,7-9,12,14,18-20,25,28H,4,6,10-11H2,1H3,(H,29,35)(H,30,31)/t18-,19+,20-,25-/m0/s1. The molecule has 176 valence electrons. The van der Waals surface area contributed by atoms with Crippen LogP contribution in [0.4, 0.5) is 0 Å². The van der Waals surface area contributed by atoms with Gasteiger partial charge in [0, 0.05) is 23.4 Å². The monoisotopic (exact) mass is 466 g/mol. The van der Waals surface area contributed by atoms with Gasteiger partial charge in [0.05, 0.1) is 35.2 Å². The maximum absolute atomic E-state index is 12.7. The van der Waals surface area contributed by atoms with Gasteiger partial charge in [-0.25, -0.2) is 4.68 Å². The second kappa shape index (κ2) is 8.64. The smallest absolute Gasteiger partial charge is 0.238 e. The summed E-state index contributed by atoms with van der Waals surface area (Å²) in [6.07, 6.45) is 5.66. The van der Waals surface area contributed by atoms with Gasteiger partial charge in [0.1, 0.15) is 11.7 Å². The van der Waals surface area contributed by atoms with Crippen molar-refractivity contribution in [1.29, 1.82) is 5.26 Å². The predicted molar refractivity (Wildman–Crippen MR) is 130 cm³/mol. The quantitative estimate of drug-likeness (QED) is 0.401. The van der Waals surface area contributed by atoms with Crippen molar-refractivity contribution in [3.05, 3.63) is 59.9 Å². The van der Waals surface area contributed by atoms with E-state index in [2.05, 4.69) is 43.3 Å². The van der Waals surface area contributed by atoms with E-state index in [0.29, 0.717) is 18.4 Å². The molecule has 6 rings (SSSR count). The number of aromatic nitrogens is 5. The normalized spacial score (nSPS) is 21.8. The fraction of sp³-hybridized carbons (Fsp3) is 0.346. The van der Waals surface area contributed by atoms with Crippen LogP contribution in [-0.2, 0) is 11.2 Å². The topological polar surface area (TPSA) is 124 Å². The van der Waals surface area contributed by atoms with Crippen molar-refractivity contribution < 1.29 is 4.79 Å². The molecule has 2 bridgehead atoms. The maximum Gasteiger partial charge on any atom is 0.238 e. The molecule has 0 spiro atoms. The lowest BCUT2D eigenvalue weighted by molar-refractivity contribution is -0.124. The number of piperidine rings is 1. The molecule has 4 aromatic rings. The van der Waals surface area contributed by atoms with Gasteiger partial charge in [0.15, 0.2) is 0 Å². The summed E-state index contributed by atoms with van der Waals surface area (Å²) in [5.74, 6) is 0.344. The molecule has 9 heteroatoms. The largest absolute Gasteiger partial charge is 0.339 e. The lowest BCUT2D eigenvalue weighted by Crippen LogP contribution is -2.50. The number of amides is 1. The Morgan fingerprint density at radius 2 is 2.11 bits per heavy atom. The fourth-order valence-corrected chi connectivity index (χ4v) is 5.39. The zero-order valence-corrected chi connectivity index (χ0v) is 19.4. The van der Waals surface area contributed by atoms with Crippen LogP contribution < -0.4 is 10.6 Å². The second-order valence-corrected chi connectivity index (χ2v) is 9.59. The van der Waals surface area contributed by atoms with E-state index < -0.39 is 6.04 Å². The van der Waals surface area contributed by atoms with Crippen molar-refractivity contribution in [1.82, 2.24) is 35.8 Å². The number of nitrogens with zero attached hydrogens (tertiary/aromatic N) is 5. The van der Waals surface area contributed by atoms with E-state index in [0.717, 1.165) is 58.4 Å². The molecule has 1 saturated carbocycles. The van der Waals surface area contributed by atoms with Crippen LogP contribution >= 0.6 is 0 Å². The number of carbonyl (C=O) groups is 1. The summed E-state index contributed by atoms with van der Waals surface area (Å²) in [6.45, 7) is 1.97. The van der Waals surface area contributed by atoms with E-state index in [9.17, 15) is 10.1 Å². The van der Waals surface area contributed by atoms with Gasteiger partial charge in [-0.15, -0.1) is 5.10 Å². The molecule has 1 saturated heterocycles. The number of hydrogen-bond acceptors (Lipinski definition) is 6. The number of fused-ring (bicyclic) bond motifs is 3. The molecule has 3 heterocycles. The highest BCUT2D eigenvalue weighted by Gasteiger charge is 2.43. The van der Waals surface area contributed by atoms with Crippen LogP contribution in [-0.4, -0.2) is 49.2 Å². The highest BCUT2D eigenvalue weighted by Crippen LogP contribution is 2.35. The van der Waals surface area contributed by atoms with Crippen molar-refractivity contribution in [2.75, 3.05) is 0 Å². The van der Waals surface area contributed by atoms with Crippen molar-refractivity contribution in [3.8, 4) is 23.0 Å². The van der Waals surface area contributed by atoms with Gasteiger partial charge in [-0.05, 0) is 61.9 Å². The van der Waals surface area contributed by atoms with Crippen molar-refractivity contribution in [2.24, 2.45) is 5.92 Å². The van der Waals surface area contributed by atoms with Crippen molar-refractivity contribution >= 4 is 16.8 Å². The van der Waals surface area contributed by atoms with Crippen LogP contribution in [0.15, 0.2) is 48.7 Å². The number of hydrogen-bond donors (Lipinski definition) is 3.